The molecule has 90 valence electrons. The Morgan fingerprint density at radius 3 is 2.06 bits per heavy atom. The van der Waals surface area contributed by atoms with Crippen LogP contribution in [0.25, 0.3) is 6.08 Å². The summed E-state index contributed by atoms with van der Waals surface area (Å²) >= 11 is 0. The molecule has 2 rings (SSSR count). The Bertz CT molecular complexity index is 538. The maximum Gasteiger partial charge on any atom is 0.189 e. The molecule has 0 aliphatic heterocycles. The van der Waals surface area contributed by atoms with Gasteiger partial charge in [-0.25, -0.2) is 0 Å². The minimum Gasteiger partial charge on any atom is -0.289 e. The van der Waals surface area contributed by atoms with Gasteiger partial charge in [0, 0.05) is 11.1 Å². The molecule has 0 spiro atoms. The lowest BCUT2D eigenvalue weighted by molar-refractivity contribution is 0.103. The lowest BCUT2D eigenvalue weighted by Gasteiger charge is -2.04. The number of hydrogen-bond acceptors (Lipinski definition) is 1. The minimum absolute atomic E-state index is 0.113. The first-order chi connectivity index (χ1) is 8.81. The van der Waals surface area contributed by atoms with Crippen LogP contribution in [0.5, 0.6) is 0 Å². The summed E-state index contributed by atoms with van der Waals surface area (Å²) in [5, 5.41) is 0. The van der Waals surface area contributed by atoms with Crippen molar-refractivity contribution in [2.45, 2.75) is 13.3 Å². The van der Waals surface area contributed by atoms with Crippen LogP contribution in [0.1, 0.15) is 29.3 Å². The van der Waals surface area contributed by atoms with E-state index in [9.17, 15) is 4.79 Å². The fraction of sp³-hybridized carbons (Fsp3) is 0.118. The van der Waals surface area contributed by atoms with Crippen molar-refractivity contribution in [2.75, 3.05) is 0 Å². The maximum absolute atomic E-state index is 12.3. The molecule has 0 saturated heterocycles. The van der Waals surface area contributed by atoms with E-state index in [0.29, 0.717) is 0 Å². The largest absolute Gasteiger partial charge is 0.289 e. The fourth-order valence-electron chi connectivity index (χ4n) is 1.85. The van der Waals surface area contributed by atoms with Crippen LogP contribution in [-0.4, -0.2) is 5.78 Å². The molecule has 0 aliphatic rings. The van der Waals surface area contributed by atoms with Gasteiger partial charge in [-0.05, 0) is 18.1 Å². The molecule has 0 amide bonds. The molecule has 0 atom stereocenters. The van der Waals surface area contributed by atoms with Crippen molar-refractivity contribution in [3.63, 3.8) is 0 Å². The molecular weight excluding hydrogens is 220 g/mol. The standard InChI is InChI=1S/C17H16O/c1-2-15(13-14-9-5-3-6-10-14)17(18)16-11-7-4-8-12-16/h3-13H,2H2,1H3/b15-13+. The Hall–Kier alpha value is -2.15. The quantitative estimate of drug-likeness (QED) is 0.569. The third-order valence-corrected chi connectivity index (χ3v) is 2.85. The average molecular weight is 236 g/mol. The first-order valence-electron chi connectivity index (χ1n) is 6.16. The second kappa shape index (κ2) is 5.97. The fourth-order valence-corrected chi connectivity index (χ4v) is 1.85. The van der Waals surface area contributed by atoms with E-state index < -0.39 is 0 Å². The lowest BCUT2D eigenvalue weighted by Crippen LogP contribution is -2.02. The summed E-state index contributed by atoms with van der Waals surface area (Å²) in [6.07, 6.45) is 2.71. The zero-order valence-electron chi connectivity index (χ0n) is 10.5. The number of benzene rings is 2. The normalized spacial score (nSPS) is 11.3. The maximum atomic E-state index is 12.3. The first-order valence-corrected chi connectivity index (χ1v) is 6.16. The van der Waals surface area contributed by atoms with Crippen molar-refractivity contribution < 1.29 is 4.79 Å². The number of carbonyl (C=O) groups is 1. The van der Waals surface area contributed by atoms with Crippen molar-refractivity contribution >= 4 is 11.9 Å². The smallest absolute Gasteiger partial charge is 0.189 e. The Balaban J connectivity index is 2.30. The molecule has 2 aromatic carbocycles. The summed E-state index contributed by atoms with van der Waals surface area (Å²) in [7, 11) is 0. The number of allylic oxidation sites excluding steroid dienone is 1. The van der Waals surface area contributed by atoms with Gasteiger partial charge < -0.3 is 0 Å². The molecule has 0 heterocycles. The van der Waals surface area contributed by atoms with Crippen LogP contribution in [0.3, 0.4) is 0 Å². The Morgan fingerprint density at radius 2 is 1.50 bits per heavy atom. The summed E-state index contributed by atoms with van der Waals surface area (Å²) < 4.78 is 0. The van der Waals surface area contributed by atoms with Crippen LogP contribution in [0.15, 0.2) is 66.2 Å². The average Bonchev–Trinajstić information content (AvgIpc) is 2.46. The van der Waals surface area contributed by atoms with Crippen LogP contribution in [0, 0.1) is 0 Å². The van der Waals surface area contributed by atoms with Gasteiger partial charge in [-0.15, -0.1) is 0 Å². The summed E-state index contributed by atoms with van der Waals surface area (Å²) in [5.41, 5.74) is 2.66. The number of rotatable bonds is 4. The van der Waals surface area contributed by atoms with Crippen molar-refractivity contribution in [1.82, 2.24) is 0 Å². The predicted octanol–water partition coefficient (Wildman–Crippen LogP) is 4.36. The van der Waals surface area contributed by atoms with Crippen LogP contribution in [0.4, 0.5) is 0 Å². The van der Waals surface area contributed by atoms with E-state index in [1.54, 1.807) is 0 Å². The molecule has 0 radical (unpaired) electrons. The summed E-state index contributed by atoms with van der Waals surface area (Å²) in [6.45, 7) is 2.01. The van der Waals surface area contributed by atoms with E-state index in [-0.39, 0.29) is 5.78 Å². The van der Waals surface area contributed by atoms with Crippen LogP contribution in [0.2, 0.25) is 0 Å². The molecule has 0 N–H and O–H groups in total. The third-order valence-electron chi connectivity index (χ3n) is 2.85. The Kier molecular flexibility index (Phi) is 4.08. The highest BCUT2D eigenvalue weighted by Crippen LogP contribution is 2.15. The zero-order valence-corrected chi connectivity index (χ0v) is 10.5. The molecule has 0 aliphatic carbocycles. The van der Waals surface area contributed by atoms with Crippen LogP contribution < -0.4 is 0 Å². The van der Waals surface area contributed by atoms with E-state index in [4.69, 9.17) is 0 Å². The second-order valence-electron chi connectivity index (χ2n) is 4.13. The highest BCUT2D eigenvalue weighted by molar-refractivity contribution is 6.11. The van der Waals surface area contributed by atoms with Gasteiger partial charge >= 0.3 is 0 Å². The monoisotopic (exact) mass is 236 g/mol. The molecule has 0 fully saturated rings. The van der Waals surface area contributed by atoms with Crippen molar-refractivity contribution in [1.29, 1.82) is 0 Å². The molecular formula is C17H16O. The van der Waals surface area contributed by atoms with Crippen LogP contribution in [-0.2, 0) is 0 Å². The molecule has 0 aromatic heterocycles. The number of ketones is 1. The molecule has 0 unspecified atom stereocenters. The summed E-state index contributed by atoms with van der Waals surface area (Å²) in [6, 6.07) is 19.4. The minimum atomic E-state index is 0.113. The highest BCUT2D eigenvalue weighted by atomic mass is 16.1. The van der Waals surface area contributed by atoms with E-state index in [1.165, 1.54) is 0 Å². The predicted molar refractivity (Wildman–Crippen MR) is 75.5 cm³/mol. The number of carbonyl (C=O) groups excluding carboxylic acids is 1. The molecule has 2 aromatic rings. The topological polar surface area (TPSA) is 17.1 Å². The number of Topliss-reactive ketones (excluding diaryl/α,β-unsaturated/α-hetero) is 1. The van der Waals surface area contributed by atoms with Gasteiger partial charge in [0.2, 0.25) is 0 Å². The van der Waals surface area contributed by atoms with Crippen molar-refractivity contribution in [3.8, 4) is 0 Å². The third kappa shape index (κ3) is 2.95. The lowest BCUT2D eigenvalue weighted by atomic mass is 9.99. The van der Waals surface area contributed by atoms with Crippen LogP contribution >= 0.6 is 0 Å². The van der Waals surface area contributed by atoms with Gasteiger partial charge in [0.1, 0.15) is 0 Å². The SMILES string of the molecule is CC/C(=C\c1ccccc1)C(=O)c1ccccc1. The van der Waals surface area contributed by atoms with Gasteiger partial charge in [-0.1, -0.05) is 67.6 Å². The van der Waals surface area contributed by atoms with Gasteiger partial charge in [0.25, 0.3) is 0 Å². The van der Waals surface area contributed by atoms with Crippen molar-refractivity contribution in [2.24, 2.45) is 0 Å². The zero-order chi connectivity index (χ0) is 12.8. The molecule has 1 nitrogen and oxygen atoms in total. The molecule has 0 saturated carbocycles. The van der Waals surface area contributed by atoms with Gasteiger partial charge in [-0.2, -0.15) is 0 Å². The van der Waals surface area contributed by atoms with E-state index in [0.717, 1.165) is 23.1 Å². The van der Waals surface area contributed by atoms with E-state index >= 15 is 0 Å². The summed E-state index contributed by atoms with van der Waals surface area (Å²) in [5.74, 6) is 0.113. The van der Waals surface area contributed by atoms with Gasteiger partial charge in [0.05, 0.1) is 0 Å². The first kappa shape index (κ1) is 12.3. The molecule has 18 heavy (non-hydrogen) atoms. The molecule has 0 bridgehead atoms. The highest BCUT2D eigenvalue weighted by Gasteiger charge is 2.09. The van der Waals surface area contributed by atoms with Crippen molar-refractivity contribution in [3.05, 3.63) is 77.4 Å². The molecule has 1 heteroatoms. The van der Waals surface area contributed by atoms with Gasteiger partial charge in [-0.3, -0.25) is 4.79 Å². The summed E-state index contributed by atoms with van der Waals surface area (Å²) in [4.78, 5) is 12.3. The van der Waals surface area contributed by atoms with E-state index in [1.807, 2.05) is 73.7 Å². The second-order valence-corrected chi connectivity index (χ2v) is 4.13. The Morgan fingerprint density at radius 1 is 0.944 bits per heavy atom. The van der Waals surface area contributed by atoms with Gasteiger partial charge in [0.15, 0.2) is 5.78 Å². The number of hydrogen-bond donors (Lipinski definition) is 0. The van der Waals surface area contributed by atoms with E-state index in [2.05, 4.69) is 0 Å². The Labute approximate surface area is 108 Å².